The van der Waals surface area contributed by atoms with Gasteiger partial charge in [-0.05, 0) is 6.42 Å². The molecule has 4 heteroatoms. The molecule has 0 fully saturated rings. The second-order valence-electron chi connectivity index (χ2n) is 4.22. The van der Waals surface area contributed by atoms with Crippen LogP contribution in [0.15, 0.2) is 4.52 Å². The molecule has 1 atom stereocenters. The largest absolute Gasteiger partial charge is 0.338 e. The molecule has 0 saturated heterocycles. The van der Waals surface area contributed by atoms with Crippen molar-refractivity contribution in [1.82, 2.24) is 10.1 Å². The number of nitrogens with two attached hydrogens (primary N) is 1. The summed E-state index contributed by atoms with van der Waals surface area (Å²) in [4.78, 5) is 4.25. The maximum atomic E-state index is 5.75. The van der Waals surface area contributed by atoms with E-state index in [1.165, 1.54) is 0 Å². The molecule has 0 bridgehead atoms. The van der Waals surface area contributed by atoms with Gasteiger partial charge in [0.25, 0.3) is 0 Å². The maximum Gasteiger partial charge on any atom is 0.243 e. The molecule has 0 saturated carbocycles. The van der Waals surface area contributed by atoms with E-state index in [-0.39, 0.29) is 11.5 Å². The van der Waals surface area contributed by atoms with Crippen molar-refractivity contribution in [2.75, 3.05) is 0 Å². The van der Waals surface area contributed by atoms with Crippen molar-refractivity contribution in [2.45, 2.75) is 45.6 Å². The molecule has 0 unspecified atom stereocenters. The summed E-state index contributed by atoms with van der Waals surface area (Å²) in [7, 11) is 0. The zero-order chi connectivity index (χ0) is 10.1. The highest BCUT2D eigenvalue weighted by Gasteiger charge is 2.22. The fourth-order valence-electron chi connectivity index (χ4n) is 0.865. The van der Waals surface area contributed by atoms with Crippen molar-refractivity contribution >= 4 is 0 Å². The van der Waals surface area contributed by atoms with Crippen LogP contribution in [-0.2, 0) is 5.41 Å². The van der Waals surface area contributed by atoms with Crippen molar-refractivity contribution in [3.05, 3.63) is 11.7 Å². The molecule has 4 nitrogen and oxygen atoms in total. The highest BCUT2D eigenvalue weighted by Crippen LogP contribution is 2.20. The quantitative estimate of drug-likeness (QED) is 0.759. The van der Waals surface area contributed by atoms with E-state index in [1.54, 1.807) is 0 Å². The van der Waals surface area contributed by atoms with E-state index in [4.69, 9.17) is 10.3 Å². The Morgan fingerprint density at radius 3 is 2.46 bits per heavy atom. The highest BCUT2D eigenvalue weighted by molar-refractivity contribution is 5.01. The zero-order valence-corrected chi connectivity index (χ0v) is 8.66. The van der Waals surface area contributed by atoms with Crippen LogP contribution in [-0.4, -0.2) is 10.1 Å². The fraction of sp³-hybridized carbons (Fsp3) is 0.778. The third kappa shape index (κ3) is 2.28. The minimum absolute atomic E-state index is 0.0742. The second-order valence-corrected chi connectivity index (χ2v) is 4.22. The van der Waals surface area contributed by atoms with Gasteiger partial charge in [-0.2, -0.15) is 4.98 Å². The van der Waals surface area contributed by atoms with Gasteiger partial charge in [0.1, 0.15) is 0 Å². The van der Waals surface area contributed by atoms with Gasteiger partial charge < -0.3 is 10.3 Å². The van der Waals surface area contributed by atoms with E-state index in [1.807, 2.05) is 27.7 Å². The lowest BCUT2D eigenvalue weighted by atomic mass is 9.96. The van der Waals surface area contributed by atoms with E-state index >= 15 is 0 Å². The van der Waals surface area contributed by atoms with Gasteiger partial charge in [0.05, 0.1) is 6.04 Å². The maximum absolute atomic E-state index is 5.75. The van der Waals surface area contributed by atoms with Crippen LogP contribution < -0.4 is 5.73 Å². The molecule has 0 radical (unpaired) electrons. The summed E-state index contributed by atoms with van der Waals surface area (Å²) in [5.41, 5.74) is 5.68. The Morgan fingerprint density at radius 1 is 1.46 bits per heavy atom. The van der Waals surface area contributed by atoms with Crippen LogP contribution >= 0.6 is 0 Å². The van der Waals surface area contributed by atoms with E-state index in [9.17, 15) is 0 Å². The summed E-state index contributed by atoms with van der Waals surface area (Å²) < 4.78 is 5.06. The Balaban J connectivity index is 2.87. The van der Waals surface area contributed by atoms with Crippen molar-refractivity contribution < 1.29 is 4.52 Å². The number of hydrogen-bond donors (Lipinski definition) is 1. The van der Waals surface area contributed by atoms with Gasteiger partial charge in [0, 0.05) is 5.41 Å². The molecule has 1 aromatic heterocycles. The predicted molar refractivity (Wildman–Crippen MR) is 50.2 cm³/mol. The Labute approximate surface area is 78.5 Å². The molecule has 1 heterocycles. The Morgan fingerprint density at radius 2 is 2.08 bits per heavy atom. The number of aromatic nitrogens is 2. The first-order valence-electron chi connectivity index (χ1n) is 4.54. The van der Waals surface area contributed by atoms with Gasteiger partial charge in [-0.25, -0.2) is 0 Å². The predicted octanol–water partition coefficient (Wildman–Crippen LogP) is 1.78. The number of rotatable bonds is 2. The molecule has 13 heavy (non-hydrogen) atoms. The lowest BCUT2D eigenvalue weighted by molar-refractivity contribution is 0.341. The Bertz CT molecular complexity index is 275. The van der Waals surface area contributed by atoms with Crippen LogP contribution in [0.25, 0.3) is 0 Å². The van der Waals surface area contributed by atoms with Gasteiger partial charge >= 0.3 is 0 Å². The third-order valence-electron chi connectivity index (χ3n) is 1.87. The molecule has 1 rings (SSSR count). The van der Waals surface area contributed by atoms with Gasteiger partial charge in [0.2, 0.25) is 5.89 Å². The molecule has 0 spiro atoms. The minimum Gasteiger partial charge on any atom is -0.338 e. The van der Waals surface area contributed by atoms with Crippen LogP contribution in [0.5, 0.6) is 0 Å². The molecule has 1 aromatic rings. The molecular formula is C9H17N3O. The summed E-state index contributed by atoms with van der Waals surface area (Å²) in [5, 5.41) is 3.89. The Hall–Kier alpha value is -0.900. The molecule has 0 aliphatic rings. The molecule has 0 aliphatic heterocycles. The summed E-state index contributed by atoms with van der Waals surface area (Å²) >= 11 is 0. The summed E-state index contributed by atoms with van der Waals surface area (Å²) in [6.45, 7) is 8.11. The third-order valence-corrected chi connectivity index (χ3v) is 1.87. The highest BCUT2D eigenvalue weighted by atomic mass is 16.5. The van der Waals surface area contributed by atoms with E-state index < -0.39 is 0 Å². The smallest absolute Gasteiger partial charge is 0.243 e. The van der Waals surface area contributed by atoms with E-state index in [2.05, 4.69) is 10.1 Å². The number of nitrogens with zero attached hydrogens (tertiary/aromatic N) is 2. The summed E-state index contributed by atoms with van der Waals surface area (Å²) in [6, 6.07) is -0.136. The van der Waals surface area contributed by atoms with Crippen LogP contribution in [0.4, 0.5) is 0 Å². The molecule has 0 aromatic carbocycles. The van der Waals surface area contributed by atoms with Gasteiger partial charge in [0.15, 0.2) is 5.82 Å². The van der Waals surface area contributed by atoms with Crippen molar-refractivity contribution in [1.29, 1.82) is 0 Å². The van der Waals surface area contributed by atoms with Crippen LogP contribution in [0.1, 0.15) is 51.9 Å². The normalized spacial score (nSPS) is 14.5. The van der Waals surface area contributed by atoms with E-state index in [0.717, 1.165) is 6.42 Å². The first-order valence-corrected chi connectivity index (χ1v) is 4.54. The van der Waals surface area contributed by atoms with Crippen molar-refractivity contribution in [2.24, 2.45) is 5.73 Å². The minimum atomic E-state index is -0.136. The van der Waals surface area contributed by atoms with Crippen molar-refractivity contribution in [3.63, 3.8) is 0 Å². The molecule has 2 N–H and O–H groups in total. The first-order chi connectivity index (χ1) is 5.95. The molecule has 0 aliphatic carbocycles. The van der Waals surface area contributed by atoms with Gasteiger partial charge in [-0.15, -0.1) is 0 Å². The number of hydrogen-bond acceptors (Lipinski definition) is 4. The average molecular weight is 183 g/mol. The first kappa shape index (κ1) is 10.2. The van der Waals surface area contributed by atoms with Crippen LogP contribution in [0.2, 0.25) is 0 Å². The SMILES string of the molecule is CC[C@H](N)c1nc(C(C)(C)C)no1. The van der Waals surface area contributed by atoms with Crippen molar-refractivity contribution in [3.8, 4) is 0 Å². The standard InChI is InChI=1S/C9H17N3O/c1-5-6(10)7-11-8(12-13-7)9(2,3)4/h6H,5,10H2,1-4H3/t6-/m0/s1. The van der Waals surface area contributed by atoms with E-state index in [0.29, 0.717) is 11.7 Å². The summed E-state index contributed by atoms with van der Waals surface area (Å²) in [5.74, 6) is 1.25. The summed E-state index contributed by atoms with van der Waals surface area (Å²) in [6.07, 6.45) is 0.811. The van der Waals surface area contributed by atoms with Gasteiger partial charge in [-0.1, -0.05) is 32.9 Å². The molecule has 0 amide bonds. The average Bonchev–Trinajstić information content (AvgIpc) is 2.50. The topological polar surface area (TPSA) is 64.9 Å². The zero-order valence-electron chi connectivity index (χ0n) is 8.66. The molecule has 74 valence electrons. The van der Waals surface area contributed by atoms with Crippen LogP contribution in [0.3, 0.4) is 0 Å². The monoisotopic (exact) mass is 183 g/mol. The fourth-order valence-corrected chi connectivity index (χ4v) is 0.865. The second kappa shape index (κ2) is 3.46. The lowest BCUT2D eigenvalue weighted by Crippen LogP contribution is -2.14. The van der Waals surface area contributed by atoms with Gasteiger partial charge in [-0.3, -0.25) is 0 Å². The Kier molecular flexibility index (Phi) is 2.71. The lowest BCUT2D eigenvalue weighted by Gasteiger charge is -2.11. The van der Waals surface area contributed by atoms with Crippen LogP contribution in [0, 0.1) is 0 Å². The molecular weight excluding hydrogens is 166 g/mol.